The predicted molar refractivity (Wildman–Crippen MR) is 78.9 cm³/mol. The summed E-state index contributed by atoms with van der Waals surface area (Å²) >= 11 is 5.79. The number of nitrogens with two attached hydrogens (primary N) is 1. The van der Waals surface area contributed by atoms with Crippen LogP contribution in [0.2, 0.25) is 5.02 Å². The maximum atomic E-state index is 13.5. The lowest BCUT2D eigenvalue weighted by Gasteiger charge is -2.07. The molecule has 6 heteroatoms. The third kappa shape index (κ3) is 4.44. The van der Waals surface area contributed by atoms with Crippen molar-refractivity contribution in [2.24, 2.45) is 10.9 Å². The van der Waals surface area contributed by atoms with Gasteiger partial charge in [0.2, 0.25) is 0 Å². The van der Waals surface area contributed by atoms with E-state index in [0.717, 1.165) is 5.56 Å². The Morgan fingerprint density at radius 2 is 1.81 bits per heavy atom. The quantitative estimate of drug-likeness (QED) is 0.385. The second-order valence-electron chi connectivity index (χ2n) is 4.45. The maximum absolute atomic E-state index is 13.5. The molecule has 0 aliphatic rings. The van der Waals surface area contributed by atoms with Crippen LogP contribution in [0.15, 0.2) is 47.6 Å². The molecule has 110 valence electrons. The Bertz CT molecular complexity index is 645. The van der Waals surface area contributed by atoms with Gasteiger partial charge in [-0.25, -0.2) is 4.39 Å². The fourth-order valence-electron chi connectivity index (χ4n) is 1.81. The number of hydrogen-bond donors (Lipinski definition) is 2. The van der Waals surface area contributed by atoms with Crippen LogP contribution >= 0.6 is 11.6 Å². The van der Waals surface area contributed by atoms with E-state index >= 15 is 0 Å². The van der Waals surface area contributed by atoms with Crippen molar-refractivity contribution in [2.45, 2.75) is 13.2 Å². The summed E-state index contributed by atoms with van der Waals surface area (Å²) in [6, 6.07) is 11.4. The Labute approximate surface area is 126 Å². The van der Waals surface area contributed by atoms with Gasteiger partial charge in [-0.2, -0.15) is 0 Å². The highest BCUT2D eigenvalue weighted by atomic mass is 35.5. The molecule has 2 aromatic carbocycles. The second kappa shape index (κ2) is 7.06. The van der Waals surface area contributed by atoms with Crippen LogP contribution in [0, 0.1) is 5.82 Å². The molecule has 21 heavy (non-hydrogen) atoms. The van der Waals surface area contributed by atoms with Gasteiger partial charge in [-0.05, 0) is 41.5 Å². The van der Waals surface area contributed by atoms with Crippen LogP contribution < -0.4 is 5.73 Å². The highest BCUT2D eigenvalue weighted by Crippen LogP contribution is 2.13. The van der Waals surface area contributed by atoms with Crippen molar-refractivity contribution >= 4 is 17.4 Å². The third-order valence-electron chi connectivity index (χ3n) is 2.81. The van der Waals surface area contributed by atoms with E-state index in [1.165, 1.54) is 12.1 Å². The van der Waals surface area contributed by atoms with Gasteiger partial charge < -0.3 is 15.7 Å². The fourth-order valence-corrected chi connectivity index (χ4v) is 1.93. The molecule has 0 saturated heterocycles. The van der Waals surface area contributed by atoms with Crippen molar-refractivity contribution in [3.63, 3.8) is 0 Å². The molecule has 0 aliphatic heterocycles. The first-order chi connectivity index (χ1) is 10.1. The largest absolute Gasteiger partial charge is 0.409 e. The van der Waals surface area contributed by atoms with Gasteiger partial charge in [-0.1, -0.05) is 28.9 Å². The molecule has 0 spiro atoms. The Hall–Kier alpha value is -2.11. The van der Waals surface area contributed by atoms with E-state index in [1.807, 2.05) is 12.1 Å². The maximum Gasteiger partial charge on any atom is 0.170 e. The average Bonchev–Trinajstić information content (AvgIpc) is 2.48. The van der Waals surface area contributed by atoms with Gasteiger partial charge in [-0.15, -0.1) is 0 Å². The monoisotopic (exact) mass is 308 g/mol. The molecule has 0 radical (unpaired) electrons. The molecule has 0 bridgehead atoms. The van der Waals surface area contributed by atoms with Crippen LogP contribution in [0.5, 0.6) is 0 Å². The van der Waals surface area contributed by atoms with Crippen molar-refractivity contribution in [1.29, 1.82) is 0 Å². The Morgan fingerprint density at radius 1 is 1.14 bits per heavy atom. The summed E-state index contributed by atoms with van der Waals surface area (Å²) in [6.07, 6.45) is 0. The summed E-state index contributed by atoms with van der Waals surface area (Å²) in [5.74, 6) is -0.613. The third-order valence-corrected chi connectivity index (χ3v) is 3.06. The van der Waals surface area contributed by atoms with Crippen molar-refractivity contribution in [3.05, 3.63) is 70.0 Å². The number of rotatable bonds is 5. The van der Waals surface area contributed by atoms with Crippen LogP contribution in [0.1, 0.15) is 16.7 Å². The fraction of sp³-hybridized carbons (Fsp3) is 0.133. The van der Waals surface area contributed by atoms with Gasteiger partial charge >= 0.3 is 0 Å². The number of benzene rings is 2. The average molecular weight is 309 g/mol. The van der Waals surface area contributed by atoms with Crippen LogP contribution in [0.4, 0.5) is 4.39 Å². The first kappa shape index (κ1) is 15.3. The number of nitrogens with zero attached hydrogens (tertiary/aromatic N) is 1. The highest BCUT2D eigenvalue weighted by molar-refractivity contribution is 6.30. The lowest BCUT2D eigenvalue weighted by Crippen LogP contribution is -2.13. The number of oxime groups is 1. The second-order valence-corrected chi connectivity index (χ2v) is 4.89. The van der Waals surface area contributed by atoms with E-state index in [9.17, 15) is 4.39 Å². The minimum absolute atomic E-state index is 0.145. The van der Waals surface area contributed by atoms with Gasteiger partial charge in [-0.3, -0.25) is 0 Å². The van der Waals surface area contributed by atoms with Gasteiger partial charge in [0.25, 0.3) is 0 Å². The lowest BCUT2D eigenvalue weighted by atomic mass is 10.1. The zero-order valence-corrected chi connectivity index (χ0v) is 11.8. The smallest absolute Gasteiger partial charge is 0.170 e. The van der Waals surface area contributed by atoms with E-state index < -0.39 is 5.82 Å². The Morgan fingerprint density at radius 3 is 2.48 bits per heavy atom. The topological polar surface area (TPSA) is 67.8 Å². The number of ether oxygens (including phenoxy) is 1. The molecule has 3 N–H and O–H groups in total. The van der Waals surface area contributed by atoms with E-state index in [0.29, 0.717) is 22.8 Å². The molecule has 0 amide bonds. The van der Waals surface area contributed by atoms with Gasteiger partial charge in [0, 0.05) is 10.6 Å². The van der Waals surface area contributed by atoms with Crippen molar-refractivity contribution in [3.8, 4) is 0 Å². The number of amidine groups is 1. The van der Waals surface area contributed by atoms with E-state index in [1.54, 1.807) is 18.2 Å². The molecular weight excluding hydrogens is 295 g/mol. The molecule has 0 heterocycles. The van der Waals surface area contributed by atoms with Crippen molar-refractivity contribution in [2.75, 3.05) is 0 Å². The van der Waals surface area contributed by atoms with Crippen LogP contribution in [-0.4, -0.2) is 11.0 Å². The molecule has 0 unspecified atom stereocenters. The van der Waals surface area contributed by atoms with Gasteiger partial charge in [0.15, 0.2) is 5.84 Å². The summed E-state index contributed by atoms with van der Waals surface area (Å²) in [5.41, 5.74) is 7.32. The van der Waals surface area contributed by atoms with Gasteiger partial charge in [0.05, 0.1) is 13.2 Å². The normalized spacial score (nSPS) is 11.6. The zero-order chi connectivity index (χ0) is 15.2. The lowest BCUT2D eigenvalue weighted by molar-refractivity contribution is 0.107. The minimum Gasteiger partial charge on any atom is -0.409 e. The van der Waals surface area contributed by atoms with E-state index in [4.69, 9.17) is 27.3 Å². The summed E-state index contributed by atoms with van der Waals surface area (Å²) < 4.78 is 19.0. The molecule has 0 aliphatic carbocycles. The van der Waals surface area contributed by atoms with Crippen LogP contribution in [-0.2, 0) is 18.0 Å². The predicted octanol–water partition coefficient (Wildman–Crippen LogP) is 3.29. The van der Waals surface area contributed by atoms with E-state index in [-0.39, 0.29) is 12.4 Å². The summed E-state index contributed by atoms with van der Waals surface area (Å²) in [7, 11) is 0. The molecule has 2 aromatic rings. The van der Waals surface area contributed by atoms with Crippen LogP contribution in [0.3, 0.4) is 0 Å². The minimum atomic E-state index is -0.468. The SMILES string of the molecule is N/C(=N/O)c1cc(F)cc(COCc2ccc(Cl)cc2)c1. The molecular formula is C15H14ClFN2O2. The highest BCUT2D eigenvalue weighted by Gasteiger charge is 2.05. The molecule has 0 fully saturated rings. The Balaban J connectivity index is 2.00. The van der Waals surface area contributed by atoms with E-state index in [2.05, 4.69) is 5.16 Å². The zero-order valence-electron chi connectivity index (χ0n) is 11.1. The van der Waals surface area contributed by atoms with Gasteiger partial charge in [0.1, 0.15) is 5.82 Å². The number of halogens is 2. The standard InChI is InChI=1S/C15H14ClFN2O2/c16-13-3-1-10(2-4-13)8-21-9-11-5-12(15(18)19-20)7-14(17)6-11/h1-7,20H,8-9H2,(H2,18,19). The van der Waals surface area contributed by atoms with Crippen molar-refractivity contribution < 1.29 is 14.3 Å². The summed E-state index contributed by atoms with van der Waals surface area (Å²) in [6.45, 7) is 0.596. The number of hydrogen-bond acceptors (Lipinski definition) is 3. The Kier molecular flexibility index (Phi) is 5.14. The molecule has 2 rings (SSSR count). The molecule has 0 atom stereocenters. The molecule has 4 nitrogen and oxygen atoms in total. The van der Waals surface area contributed by atoms with Crippen LogP contribution in [0.25, 0.3) is 0 Å². The van der Waals surface area contributed by atoms with Crippen molar-refractivity contribution in [1.82, 2.24) is 0 Å². The molecule has 0 aromatic heterocycles. The summed E-state index contributed by atoms with van der Waals surface area (Å²) in [4.78, 5) is 0. The first-order valence-corrected chi connectivity index (χ1v) is 6.56. The first-order valence-electron chi connectivity index (χ1n) is 6.18. The molecule has 0 saturated carbocycles. The summed E-state index contributed by atoms with van der Waals surface area (Å²) in [5, 5.41) is 12.1.